The van der Waals surface area contributed by atoms with Crippen molar-refractivity contribution in [1.82, 2.24) is 4.98 Å². The first-order chi connectivity index (χ1) is 17.6. The highest BCUT2D eigenvalue weighted by molar-refractivity contribution is 5.94. The number of nitrogens with zero attached hydrogens (tertiary/aromatic N) is 1. The van der Waals surface area contributed by atoms with Gasteiger partial charge in [-0.2, -0.15) is 13.2 Å². The van der Waals surface area contributed by atoms with E-state index in [-0.39, 0.29) is 11.6 Å². The molecule has 1 atom stereocenters. The highest BCUT2D eigenvalue weighted by Crippen LogP contribution is 2.43. The van der Waals surface area contributed by atoms with Crippen LogP contribution in [0.1, 0.15) is 71.0 Å². The van der Waals surface area contributed by atoms with Crippen molar-refractivity contribution in [1.29, 1.82) is 0 Å². The number of unbranched alkanes of at least 4 members (excludes halogenated alkanes) is 1. The van der Waals surface area contributed by atoms with Crippen LogP contribution in [-0.4, -0.2) is 16.1 Å². The van der Waals surface area contributed by atoms with Gasteiger partial charge in [-0.15, -0.1) is 0 Å². The highest BCUT2D eigenvalue weighted by Gasteiger charge is 2.32. The van der Waals surface area contributed by atoms with Crippen LogP contribution in [-0.2, 0) is 6.18 Å². The van der Waals surface area contributed by atoms with Crippen LogP contribution >= 0.6 is 0 Å². The molecule has 0 amide bonds. The fourth-order valence-electron chi connectivity index (χ4n) is 4.23. The third kappa shape index (κ3) is 5.69. The van der Waals surface area contributed by atoms with Gasteiger partial charge in [0.2, 0.25) is 0 Å². The van der Waals surface area contributed by atoms with Gasteiger partial charge >= 0.3 is 12.1 Å². The van der Waals surface area contributed by atoms with Gasteiger partial charge in [-0.3, -0.25) is 4.98 Å². The molecule has 0 aliphatic carbocycles. The van der Waals surface area contributed by atoms with E-state index in [0.717, 1.165) is 47.4 Å². The van der Waals surface area contributed by atoms with Crippen LogP contribution in [0.4, 0.5) is 18.9 Å². The Morgan fingerprint density at radius 2 is 1.95 bits per heavy atom. The second-order valence-corrected chi connectivity index (χ2v) is 8.94. The molecule has 37 heavy (non-hydrogen) atoms. The molecule has 0 fully saturated rings. The SMILES string of the molecule is CCCC=C1C=C(c2ccc(C(F)(F)F)nc2)Oc2c1cc(C)cc2C(C)Nc1ccccc1C(=O)O. The third-order valence-electron chi connectivity index (χ3n) is 6.06. The number of nitrogens with one attached hydrogen (secondary N) is 1. The van der Waals surface area contributed by atoms with Crippen molar-refractivity contribution in [2.45, 2.75) is 45.8 Å². The quantitative estimate of drug-likeness (QED) is 0.339. The summed E-state index contributed by atoms with van der Waals surface area (Å²) in [5, 5.41) is 12.9. The Kier molecular flexibility index (Phi) is 7.38. The number of pyridine rings is 1. The molecule has 192 valence electrons. The topological polar surface area (TPSA) is 71.5 Å². The second-order valence-electron chi connectivity index (χ2n) is 8.94. The van der Waals surface area contributed by atoms with Gasteiger partial charge in [-0.25, -0.2) is 4.79 Å². The summed E-state index contributed by atoms with van der Waals surface area (Å²) in [6.07, 6.45) is 2.27. The monoisotopic (exact) mass is 508 g/mol. The van der Waals surface area contributed by atoms with Gasteiger partial charge < -0.3 is 15.2 Å². The lowest BCUT2D eigenvalue weighted by Gasteiger charge is -2.27. The normalized spacial score (nSPS) is 15.0. The second kappa shape index (κ2) is 10.5. The molecule has 0 radical (unpaired) electrons. The number of aryl methyl sites for hydroxylation is 1. The molecule has 4 rings (SSSR count). The molecule has 0 saturated heterocycles. The molecule has 2 aromatic carbocycles. The maximum Gasteiger partial charge on any atom is 0.433 e. The number of hydrogen-bond donors (Lipinski definition) is 2. The number of benzene rings is 2. The molecule has 2 N–H and O–H groups in total. The van der Waals surface area contributed by atoms with Gasteiger partial charge in [0.05, 0.1) is 11.6 Å². The highest BCUT2D eigenvalue weighted by atomic mass is 19.4. The van der Waals surface area contributed by atoms with Crippen LogP contribution in [0.2, 0.25) is 0 Å². The number of para-hydroxylation sites is 1. The van der Waals surface area contributed by atoms with E-state index in [9.17, 15) is 23.1 Å². The molecule has 8 heteroatoms. The number of carbonyl (C=O) groups is 1. The average molecular weight is 509 g/mol. The standard InChI is InChI=1S/C29H27F3N2O3/c1-4-5-8-19-15-25(20-11-12-26(33-16-20)29(30,31)32)37-27-22(13-17(2)14-23(19)27)18(3)34-24-10-7-6-9-21(24)28(35)36/h6-16,18,34H,4-5H2,1-3H3,(H,35,36). The van der Waals surface area contributed by atoms with Crippen LogP contribution in [0.5, 0.6) is 5.75 Å². The first kappa shape index (κ1) is 26.0. The number of alkyl halides is 3. The van der Waals surface area contributed by atoms with Crippen molar-refractivity contribution >= 4 is 23.0 Å². The summed E-state index contributed by atoms with van der Waals surface area (Å²) in [6.45, 7) is 5.94. The molecule has 5 nitrogen and oxygen atoms in total. The molecule has 0 saturated carbocycles. The predicted molar refractivity (Wildman–Crippen MR) is 137 cm³/mol. The minimum atomic E-state index is -4.53. The lowest BCUT2D eigenvalue weighted by molar-refractivity contribution is -0.141. The molecule has 0 spiro atoms. The van der Waals surface area contributed by atoms with Gasteiger partial charge in [0, 0.05) is 28.6 Å². The molecule has 1 aromatic heterocycles. The van der Waals surface area contributed by atoms with E-state index in [1.54, 1.807) is 18.2 Å². The Labute approximate surface area is 213 Å². The Morgan fingerprint density at radius 1 is 1.19 bits per heavy atom. The molecule has 3 aromatic rings. The molecule has 2 heterocycles. The minimum Gasteiger partial charge on any atom is -0.478 e. The Balaban J connectivity index is 1.77. The number of fused-ring (bicyclic) bond motifs is 1. The van der Waals surface area contributed by atoms with Crippen molar-refractivity contribution < 1.29 is 27.8 Å². The Morgan fingerprint density at radius 3 is 2.59 bits per heavy atom. The van der Waals surface area contributed by atoms with E-state index in [2.05, 4.69) is 23.3 Å². The fraction of sp³-hybridized carbons (Fsp3) is 0.241. The van der Waals surface area contributed by atoms with Gasteiger partial charge in [0.15, 0.2) is 0 Å². The summed E-state index contributed by atoms with van der Waals surface area (Å²) in [6, 6.07) is 12.6. The number of ether oxygens (including phenoxy) is 1. The maximum absolute atomic E-state index is 13.0. The molecule has 0 bridgehead atoms. The predicted octanol–water partition coefficient (Wildman–Crippen LogP) is 7.90. The van der Waals surface area contributed by atoms with E-state index in [1.807, 2.05) is 32.1 Å². The van der Waals surface area contributed by atoms with Crippen molar-refractivity contribution in [3.05, 3.63) is 100 Å². The lowest BCUT2D eigenvalue weighted by atomic mass is 9.92. The minimum absolute atomic E-state index is 0.150. The van der Waals surface area contributed by atoms with Crippen LogP contribution in [0.15, 0.2) is 66.9 Å². The average Bonchev–Trinajstić information content (AvgIpc) is 2.86. The number of aromatic carboxylic acids is 1. The number of rotatable bonds is 7. The van der Waals surface area contributed by atoms with Gasteiger partial charge in [-0.1, -0.05) is 37.6 Å². The Bertz CT molecular complexity index is 1380. The number of allylic oxidation sites excluding steroid dienone is 3. The van der Waals surface area contributed by atoms with Crippen LogP contribution < -0.4 is 10.1 Å². The number of aromatic nitrogens is 1. The summed E-state index contributed by atoms with van der Waals surface area (Å²) < 4.78 is 45.4. The van der Waals surface area contributed by atoms with Crippen LogP contribution in [0.3, 0.4) is 0 Å². The number of carboxylic acid groups (broad SMARTS) is 1. The van der Waals surface area contributed by atoms with Gasteiger partial charge in [-0.05, 0) is 67.8 Å². The van der Waals surface area contributed by atoms with E-state index in [0.29, 0.717) is 22.8 Å². The smallest absolute Gasteiger partial charge is 0.433 e. The van der Waals surface area contributed by atoms with Crippen LogP contribution in [0, 0.1) is 6.92 Å². The molecular formula is C29H27F3N2O3. The first-order valence-electron chi connectivity index (χ1n) is 12.0. The summed E-state index contributed by atoms with van der Waals surface area (Å²) in [5.74, 6) is -0.0832. The largest absolute Gasteiger partial charge is 0.478 e. The van der Waals surface area contributed by atoms with E-state index < -0.39 is 17.8 Å². The number of halogens is 3. The van der Waals surface area contributed by atoms with E-state index in [1.165, 1.54) is 12.1 Å². The summed E-state index contributed by atoms with van der Waals surface area (Å²) in [7, 11) is 0. The lowest BCUT2D eigenvalue weighted by Crippen LogP contribution is -2.15. The summed E-state index contributed by atoms with van der Waals surface area (Å²) >= 11 is 0. The van der Waals surface area contributed by atoms with E-state index in [4.69, 9.17) is 4.74 Å². The van der Waals surface area contributed by atoms with Crippen molar-refractivity contribution in [3.63, 3.8) is 0 Å². The third-order valence-corrected chi connectivity index (χ3v) is 6.06. The first-order valence-corrected chi connectivity index (χ1v) is 12.0. The van der Waals surface area contributed by atoms with Crippen molar-refractivity contribution in [3.8, 4) is 5.75 Å². The van der Waals surface area contributed by atoms with E-state index >= 15 is 0 Å². The molecule has 1 aliphatic rings. The van der Waals surface area contributed by atoms with Gasteiger partial charge in [0.25, 0.3) is 0 Å². The summed E-state index contributed by atoms with van der Waals surface area (Å²) in [5.41, 5.74) is 3.63. The molecular weight excluding hydrogens is 481 g/mol. The number of anilines is 1. The van der Waals surface area contributed by atoms with Crippen LogP contribution in [0.25, 0.3) is 11.3 Å². The van der Waals surface area contributed by atoms with Crippen molar-refractivity contribution in [2.24, 2.45) is 0 Å². The zero-order valence-electron chi connectivity index (χ0n) is 20.7. The van der Waals surface area contributed by atoms with Gasteiger partial charge in [0.1, 0.15) is 17.2 Å². The molecule has 1 aliphatic heterocycles. The van der Waals surface area contributed by atoms with Crippen molar-refractivity contribution in [2.75, 3.05) is 5.32 Å². The zero-order chi connectivity index (χ0) is 26.7. The maximum atomic E-state index is 13.0. The molecule has 1 unspecified atom stereocenters. The Hall–Kier alpha value is -4.07. The number of hydrogen-bond acceptors (Lipinski definition) is 4. The number of carboxylic acids is 1. The zero-order valence-corrected chi connectivity index (χ0v) is 20.7. The summed E-state index contributed by atoms with van der Waals surface area (Å²) in [4.78, 5) is 15.3. The fourth-order valence-corrected chi connectivity index (χ4v) is 4.23.